The van der Waals surface area contributed by atoms with Gasteiger partial charge in [0.2, 0.25) is 11.8 Å². The maximum Gasteiger partial charge on any atom is 0.408 e. The lowest BCUT2D eigenvalue weighted by Gasteiger charge is -2.23. The summed E-state index contributed by atoms with van der Waals surface area (Å²) in [5.74, 6) is -2.29. The van der Waals surface area contributed by atoms with Crippen LogP contribution in [0.4, 0.5) is 4.79 Å². The molecule has 9 heteroatoms. The Hall–Kier alpha value is -3.10. The van der Waals surface area contributed by atoms with Crippen LogP contribution in [0, 0.1) is 5.92 Å². The summed E-state index contributed by atoms with van der Waals surface area (Å²) in [7, 11) is 0. The van der Waals surface area contributed by atoms with Crippen molar-refractivity contribution >= 4 is 23.9 Å². The van der Waals surface area contributed by atoms with Gasteiger partial charge in [-0.3, -0.25) is 9.59 Å². The van der Waals surface area contributed by atoms with Gasteiger partial charge >= 0.3 is 12.1 Å². The fraction of sp³-hybridized carbons (Fsp3) is 0.545. The molecule has 0 fully saturated rings. The number of alkyl carbamates (subject to hydrolysis) is 1. The molecule has 0 spiro atoms. The van der Waals surface area contributed by atoms with Gasteiger partial charge in [-0.15, -0.1) is 0 Å². The van der Waals surface area contributed by atoms with E-state index in [-0.39, 0.29) is 25.3 Å². The SMILES string of the molecule is CC(C)C[C@H](NC(=O)[C@H](Cc1ccccc1)NC(=O)CNC(=O)OC(C)(C)C)C(=O)O. The second kappa shape index (κ2) is 11.9. The van der Waals surface area contributed by atoms with Crippen molar-refractivity contribution in [1.82, 2.24) is 16.0 Å². The summed E-state index contributed by atoms with van der Waals surface area (Å²) in [5, 5.41) is 16.8. The fourth-order valence-electron chi connectivity index (χ4n) is 2.74. The van der Waals surface area contributed by atoms with E-state index in [0.717, 1.165) is 5.56 Å². The third kappa shape index (κ3) is 11.0. The van der Waals surface area contributed by atoms with Crippen molar-refractivity contribution in [3.63, 3.8) is 0 Å². The van der Waals surface area contributed by atoms with Crippen LogP contribution in [0.5, 0.6) is 0 Å². The van der Waals surface area contributed by atoms with E-state index in [0.29, 0.717) is 0 Å². The van der Waals surface area contributed by atoms with Crippen LogP contribution in [0.25, 0.3) is 0 Å². The molecule has 1 aromatic rings. The molecule has 0 bridgehead atoms. The van der Waals surface area contributed by atoms with Gasteiger partial charge in [0.05, 0.1) is 0 Å². The van der Waals surface area contributed by atoms with E-state index in [9.17, 15) is 24.3 Å². The van der Waals surface area contributed by atoms with Crippen molar-refractivity contribution in [2.75, 3.05) is 6.54 Å². The highest BCUT2D eigenvalue weighted by molar-refractivity contribution is 5.91. The number of ether oxygens (including phenoxy) is 1. The molecule has 0 heterocycles. The Morgan fingerprint density at radius 1 is 1.00 bits per heavy atom. The quantitative estimate of drug-likeness (QED) is 0.443. The van der Waals surface area contributed by atoms with E-state index in [1.165, 1.54) is 0 Å². The van der Waals surface area contributed by atoms with Gasteiger partial charge in [0.15, 0.2) is 0 Å². The van der Waals surface area contributed by atoms with Gasteiger partial charge in [-0.2, -0.15) is 0 Å². The number of rotatable bonds is 10. The van der Waals surface area contributed by atoms with Gasteiger partial charge in [-0.1, -0.05) is 44.2 Å². The summed E-state index contributed by atoms with van der Waals surface area (Å²) in [4.78, 5) is 48.4. The Kier molecular flexibility index (Phi) is 9.98. The highest BCUT2D eigenvalue weighted by Gasteiger charge is 2.27. The zero-order chi connectivity index (χ0) is 23.6. The zero-order valence-corrected chi connectivity index (χ0v) is 18.7. The molecule has 0 aliphatic carbocycles. The molecule has 0 saturated carbocycles. The summed E-state index contributed by atoms with van der Waals surface area (Å²) in [5.41, 5.74) is 0.0808. The first kappa shape index (κ1) is 25.9. The van der Waals surface area contributed by atoms with E-state index < -0.39 is 41.6 Å². The van der Waals surface area contributed by atoms with E-state index >= 15 is 0 Å². The standard InChI is InChI=1S/C22H33N3O6/c1-14(2)11-17(20(28)29)25-19(27)16(12-15-9-7-6-8-10-15)24-18(26)13-23-21(30)31-22(3,4)5/h6-10,14,16-17H,11-13H2,1-5H3,(H,23,30)(H,24,26)(H,25,27)(H,28,29)/t16-,17-/m0/s1. The highest BCUT2D eigenvalue weighted by Crippen LogP contribution is 2.08. The molecule has 0 unspecified atom stereocenters. The molecule has 0 aliphatic rings. The molecule has 0 saturated heterocycles. The summed E-state index contributed by atoms with van der Waals surface area (Å²) in [6.07, 6.45) is -0.332. The fourth-order valence-corrected chi connectivity index (χ4v) is 2.74. The van der Waals surface area contributed by atoms with E-state index in [1.807, 2.05) is 19.9 Å². The maximum absolute atomic E-state index is 12.8. The predicted molar refractivity (Wildman–Crippen MR) is 115 cm³/mol. The first-order valence-electron chi connectivity index (χ1n) is 10.2. The lowest BCUT2D eigenvalue weighted by molar-refractivity contribution is -0.142. The topological polar surface area (TPSA) is 134 Å². The lowest BCUT2D eigenvalue weighted by atomic mass is 10.0. The first-order chi connectivity index (χ1) is 14.4. The van der Waals surface area contributed by atoms with Gasteiger partial charge in [0.1, 0.15) is 24.2 Å². The largest absolute Gasteiger partial charge is 0.480 e. The van der Waals surface area contributed by atoms with Crippen molar-refractivity contribution in [2.45, 2.75) is 65.1 Å². The summed E-state index contributed by atoms with van der Waals surface area (Å²) in [6, 6.07) is 6.95. The Labute approximate surface area is 182 Å². The average Bonchev–Trinajstić information content (AvgIpc) is 2.64. The Morgan fingerprint density at radius 2 is 1.61 bits per heavy atom. The van der Waals surface area contributed by atoms with Gasteiger partial charge in [-0.25, -0.2) is 9.59 Å². The minimum Gasteiger partial charge on any atom is -0.480 e. The van der Waals surface area contributed by atoms with Crippen LogP contribution in [0.2, 0.25) is 0 Å². The number of carboxylic acids is 1. The second-order valence-electron chi connectivity index (χ2n) is 8.69. The second-order valence-corrected chi connectivity index (χ2v) is 8.69. The minimum atomic E-state index is -1.14. The minimum absolute atomic E-state index is 0.0570. The zero-order valence-electron chi connectivity index (χ0n) is 18.7. The summed E-state index contributed by atoms with van der Waals surface area (Å²) in [6.45, 7) is 8.41. The van der Waals surface area contributed by atoms with Gasteiger partial charge in [-0.05, 0) is 38.7 Å². The number of amides is 3. The third-order valence-corrected chi connectivity index (χ3v) is 4.05. The van der Waals surface area contributed by atoms with Crippen LogP contribution in [0.3, 0.4) is 0 Å². The molecule has 1 rings (SSSR count). The van der Waals surface area contributed by atoms with Gasteiger partial charge < -0.3 is 25.8 Å². The van der Waals surface area contributed by atoms with Crippen molar-refractivity contribution < 1.29 is 29.0 Å². The van der Waals surface area contributed by atoms with E-state index in [1.54, 1.807) is 45.0 Å². The number of aliphatic carboxylic acids is 1. The number of carbonyl (C=O) groups excluding carboxylic acids is 3. The average molecular weight is 436 g/mol. The molecular weight excluding hydrogens is 402 g/mol. The number of carbonyl (C=O) groups is 4. The summed E-state index contributed by atoms with van der Waals surface area (Å²) >= 11 is 0. The number of benzene rings is 1. The molecule has 31 heavy (non-hydrogen) atoms. The molecule has 2 atom stereocenters. The van der Waals surface area contributed by atoms with Crippen molar-refractivity contribution in [3.8, 4) is 0 Å². The van der Waals surface area contributed by atoms with Crippen molar-refractivity contribution in [3.05, 3.63) is 35.9 Å². The number of carboxylic acid groups (broad SMARTS) is 1. The smallest absolute Gasteiger partial charge is 0.408 e. The molecule has 0 aliphatic heterocycles. The molecule has 172 valence electrons. The molecular formula is C22H33N3O6. The molecule has 0 radical (unpaired) electrons. The Bertz CT molecular complexity index is 758. The number of hydrogen-bond acceptors (Lipinski definition) is 5. The normalized spacial score (nSPS) is 13.1. The van der Waals surface area contributed by atoms with E-state index in [2.05, 4.69) is 16.0 Å². The van der Waals surface area contributed by atoms with E-state index in [4.69, 9.17) is 4.74 Å². The van der Waals surface area contributed by atoms with Crippen molar-refractivity contribution in [2.24, 2.45) is 5.92 Å². The molecule has 4 N–H and O–H groups in total. The van der Waals surface area contributed by atoms with Gasteiger partial charge in [0, 0.05) is 6.42 Å². The molecule has 9 nitrogen and oxygen atoms in total. The lowest BCUT2D eigenvalue weighted by Crippen LogP contribution is -2.54. The van der Waals surface area contributed by atoms with Crippen LogP contribution in [-0.2, 0) is 25.5 Å². The van der Waals surface area contributed by atoms with Crippen LogP contribution < -0.4 is 16.0 Å². The molecule has 3 amide bonds. The van der Waals surface area contributed by atoms with Crippen LogP contribution in [0.1, 0.15) is 46.6 Å². The number of nitrogens with one attached hydrogen (secondary N) is 3. The maximum atomic E-state index is 12.8. The first-order valence-corrected chi connectivity index (χ1v) is 10.2. The van der Waals surface area contributed by atoms with Gasteiger partial charge in [0.25, 0.3) is 0 Å². The molecule has 0 aromatic heterocycles. The van der Waals surface area contributed by atoms with Crippen LogP contribution in [0.15, 0.2) is 30.3 Å². The predicted octanol–water partition coefficient (Wildman–Crippen LogP) is 1.85. The summed E-state index contributed by atoms with van der Waals surface area (Å²) < 4.78 is 5.08. The Morgan fingerprint density at radius 3 is 2.13 bits per heavy atom. The third-order valence-electron chi connectivity index (χ3n) is 4.05. The monoisotopic (exact) mass is 435 g/mol. The Balaban J connectivity index is 2.83. The highest BCUT2D eigenvalue weighted by atomic mass is 16.6. The molecule has 1 aromatic carbocycles. The number of hydrogen-bond donors (Lipinski definition) is 4. The van der Waals surface area contributed by atoms with Crippen LogP contribution in [-0.4, -0.2) is 53.2 Å². The van der Waals surface area contributed by atoms with Crippen LogP contribution >= 0.6 is 0 Å². The van der Waals surface area contributed by atoms with Crippen molar-refractivity contribution in [1.29, 1.82) is 0 Å².